The number of nitrogens with one attached hydrogen (secondary N) is 1. The smallest absolute Gasteiger partial charge is 0.0415 e. The minimum Gasteiger partial charge on any atom is -0.361 e. The van der Waals surface area contributed by atoms with Crippen molar-refractivity contribution in [3.05, 3.63) is 47.4 Å². The molecule has 1 aromatic heterocycles. The summed E-state index contributed by atoms with van der Waals surface area (Å²) in [5.74, 6) is 0.497. The number of aromatic amines is 1. The highest BCUT2D eigenvalue weighted by Crippen LogP contribution is 2.24. The summed E-state index contributed by atoms with van der Waals surface area (Å²) >= 11 is 0. The Morgan fingerprint density at radius 2 is 2.41 bits per heavy atom. The number of H-pyrrole nitrogens is 1. The predicted molar refractivity (Wildman–Crippen MR) is 72.9 cm³/mol. The van der Waals surface area contributed by atoms with E-state index in [-0.39, 0.29) is 0 Å². The van der Waals surface area contributed by atoms with Crippen molar-refractivity contribution in [1.29, 1.82) is 0 Å². The summed E-state index contributed by atoms with van der Waals surface area (Å²) in [6.07, 6.45) is 20.4. The fourth-order valence-corrected chi connectivity index (χ4v) is 2.34. The quantitative estimate of drug-likeness (QED) is 0.795. The summed E-state index contributed by atoms with van der Waals surface area (Å²) < 4.78 is 0. The van der Waals surface area contributed by atoms with E-state index in [0.29, 0.717) is 5.92 Å². The van der Waals surface area contributed by atoms with Gasteiger partial charge in [-0.05, 0) is 36.5 Å². The van der Waals surface area contributed by atoms with Gasteiger partial charge in [0.1, 0.15) is 0 Å². The zero-order chi connectivity index (χ0) is 11.5. The Bertz CT molecular complexity index is 515. The highest BCUT2D eigenvalue weighted by Gasteiger charge is 2.10. The van der Waals surface area contributed by atoms with E-state index >= 15 is 0 Å². The second-order valence-corrected chi connectivity index (χ2v) is 4.51. The number of fused-ring (bicyclic) bond motifs is 1. The molecular weight excluding hydrogens is 208 g/mol. The largest absolute Gasteiger partial charge is 0.361 e. The maximum Gasteiger partial charge on any atom is 0.0415 e. The molecule has 0 spiro atoms. The lowest BCUT2D eigenvalue weighted by molar-refractivity contribution is 0.860. The molecule has 1 unspecified atom stereocenters. The molecule has 0 radical (unpaired) electrons. The van der Waals surface area contributed by atoms with Crippen LogP contribution >= 0.6 is 0 Å². The SMILES string of the molecule is C1=Cc2[nH]cc(C=CC3C=CN=CC3)c2CC1. The number of hydrogen-bond donors (Lipinski definition) is 1. The first kappa shape index (κ1) is 10.3. The summed E-state index contributed by atoms with van der Waals surface area (Å²) in [6, 6.07) is 0. The standard InChI is InChI=1S/C15H16N2/c1-2-4-15-14(3-1)13(11-17-15)6-5-12-7-9-16-10-8-12/h2,4-7,9-12,17H,1,3,8H2. The van der Waals surface area contributed by atoms with Crippen molar-refractivity contribution in [2.24, 2.45) is 10.9 Å². The number of aromatic nitrogens is 1. The van der Waals surface area contributed by atoms with Gasteiger partial charge in [-0.2, -0.15) is 0 Å². The van der Waals surface area contributed by atoms with Gasteiger partial charge in [-0.1, -0.05) is 24.3 Å². The van der Waals surface area contributed by atoms with Crippen molar-refractivity contribution in [2.75, 3.05) is 0 Å². The van der Waals surface area contributed by atoms with Crippen LogP contribution in [0.3, 0.4) is 0 Å². The van der Waals surface area contributed by atoms with E-state index in [1.807, 2.05) is 12.4 Å². The molecule has 0 aromatic carbocycles. The molecule has 3 rings (SSSR count). The van der Waals surface area contributed by atoms with E-state index in [0.717, 1.165) is 19.3 Å². The van der Waals surface area contributed by atoms with E-state index in [1.165, 1.54) is 16.8 Å². The van der Waals surface area contributed by atoms with Crippen LogP contribution in [0.2, 0.25) is 0 Å². The van der Waals surface area contributed by atoms with Crippen molar-refractivity contribution in [2.45, 2.75) is 19.3 Å². The summed E-state index contributed by atoms with van der Waals surface area (Å²) in [4.78, 5) is 7.42. The van der Waals surface area contributed by atoms with Gasteiger partial charge in [-0.15, -0.1) is 0 Å². The van der Waals surface area contributed by atoms with Crippen LogP contribution in [0.1, 0.15) is 29.7 Å². The van der Waals surface area contributed by atoms with Gasteiger partial charge in [-0.25, -0.2) is 0 Å². The first-order chi connectivity index (χ1) is 8.43. The van der Waals surface area contributed by atoms with Crippen LogP contribution in [0.15, 0.2) is 35.6 Å². The van der Waals surface area contributed by atoms with E-state index in [9.17, 15) is 0 Å². The van der Waals surface area contributed by atoms with Crippen LogP contribution in [-0.2, 0) is 6.42 Å². The Morgan fingerprint density at radius 1 is 1.41 bits per heavy atom. The molecule has 0 fully saturated rings. The highest BCUT2D eigenvalue weighted by atomic mass is 14.7. The molecule has 1 aliphatic heterocycles. The van der Waals surface area contributed by atoms with Crippen molar-refractivity contribution in [3.63, 3.8) is 0 Å². The lowest BCUT2D eigenvalue weighted by Crippen LogP contribution is -1.96. The lowest BCUT2D eigenvalue weighted by Gasteiger charge is -2.07. The molecule has 0 saturated heterocycles. The third-order valence-corrected chi connectivity index (χ3v) is 3.33. The van der Waals surface area contributed by atoms with Crippen LogP contribution in [0.25, 0.3) is 12.2 Å². The minimum absolute atomic E-state index is 0.497. The van der Waals surface area contributed by atoms with E-state index in [2.05, 4.69) is 46.6 Å². The Kier molecular flexibility index (Phi) is 2.78. The second kappa shape index (κ2) is 4.58. The summed E-state index contributed by atoms with van der Waals surface area (Å²) in [5.41, 5.74) is 4.06. The fourth-order valence-electron chi connectivity index (χ4n) is 2.34. The van der Waals surface area contributed by atoms with Gasteiger partial charge in [0.25, 0.3) is 0 Å². The highest BCUT2D eigenvalue weighted by molar-refractivity contribution is 5.65. The molecule has 1 aromatic rings. The molecule has 0 bridgehead atoms. The van der Waals surface area contributed by atoms with Gasteiger partial charge >= 0.3 is 0 Å². The van der Waals surface area contributed by atoms with Gasteiger partial charge in [0.2, 0.25) is 0 Å². The lowest BCUT2D eigenvalue weighted by atomic mass is 9.98. The van der Waals surface area contributed by atoms with Gasteiger partial charge in [0, 0.05) is 30.2 Å². The van der Waals surface area contributed by atoms with Crippen molar-refractivity contribution in [3.8, 4) is 0 Å². The number of hydrogen-bond acceptors (Lipinski definition) is 1. The third-order valence-electron chi connectivity index (χ3n) is 3.33. The minimum atomic E-state index is 0.497. The maximum atomic E-state index is 4.09. The predicted octanol–water partition coefficient (Wildman–Crippen LogP) is 3.59. The molecule has 2 aliphatic rings. The number of allylic oxidation sites excluding steroid dienone is 3. The topological polar surface area (TPSA) is 28.1 Å². The summed E-state index contributed by atoms with van der Waals surface area (Å²) in [6.45, 7) is 0. The average molecular weight is 224 g/mol. The fraction of sp³-hybridized carbons (Fsp3) is 0.267. The molecule has 1 aliphatic carbocycles. The molecular formula is C15H16N2. The molecule has 0 amide bonds. The molecule has 2 heteroatoms. The van der Waals surface area contributed by atoms with E-state index < -0.39 is 0 Å². The molecule has 0 saturated carbocycles. The molecule has 86 valence electrons. The Labute approximate surface area is 101 Å². The summed E-state index contributed by atoms with van der Waals surface area (Å²) in [5, 5.41) is 0. The zero-order valence-corrected chi connectivity index (χ0v) is 9.76. The normalized spacial score (nSPS) is 22.2. The van der Waals surface area contributed by atoms with Crippen molar-refractivity contribution in [1.82, 2.24) is 4.98 Å². The van der Waals surface area contributed by atoms with E-state index in [1.54, 1.807) is 0 Å². The summed E-state index contributed by atoms with van der Waals surface area (Å²) in [7, 11) is 0. The zero-order valence-electron chi connectivity index (χ0n) is 9.76. The molecule has 2 nitrogen and oxygen atoms in total. The second-order valence-electron chi connectivity index (χ2n) is 4.51. The van der Waals surface area contributed by atoms with Gasteiger partial charge in [-0.3, -0.25) is 4.99 Å². The van der Waals surface area contributed by atoms with Crippen LogP contribution in [0, 0.1) is 5.92 Å². The maximum absolute atomic E-state index is 4.09. The molecule has 1 atom stereocenters. The Hall–Kier alpha value is -1.83. The van der Waals surface area contributed by atoms with Crippen molar-refractivity contribution < 1.29 is 0 Å². The van der Waals surface area contributed by atoms with Crippen LogP contribution in [-0.4, -0.2) is 11.2 Å². The van der Waals surface area contributed by atoms with Gasteiger partial charge in [0.05, 0.1) is 0 Å². The molecule has 17 heavy (non-hydrogen) atoms. The van der Waals surface area contributed by atoms with E-state index in [4.69, 9.17) is 0 Å². The molecule has 2 heterocycles. The van der Waals surface area contributed by atoms with Crippen LogP contribution in [0.4, 0.5) is 0 Å². The Balaban J connectivity index is 1.79. The number of aliphatic imine (C=N–C) groups is 1. The Morgan fingerprint density at radius 3 is 3.29 bits per heavy atom. The van der Waals surface area contributed by atoms with Gasteiger partial charge in [0.15, 0.2) is 0 Å². The third kappa shape index (κ3) is 2.16. The number of rotatable bonds is 2. The van der Waals surface area contributed by atoms with Crippen molar-refractivity contribution >= 4 is 18.4 Å². The van der Waals surface area contributed by atoms with Crippen LogP contribution in [0.5, 0.6) is 0 Å². The first-order valence-electron chi connectivity index (χ1n) is 6.17. The molecule has 1 N–H and O–H groups in total. The van der Waals surface area contributed by atoms with Gasteiger partial charge < -0.3 is 4.98 Å². The average Bonchev–Trinajstić information content (AvgIpc) is 2.81. The monoisotopic (exact) mass is 224 g/mol. The van der Waals surface area contributed by atoms with Crippen LogP contribution < -0.4 is 0 Å². The number of nitrogens with zero attached hydrogens (tertiary/aromatic N) is 1. The first-order valence-corrected chi connectivity index (χ1v) is 6.17.